The van der Waals surface area contributed by atoms with Crippen LogP contribution in [0.3, 0.4) is 0 Å². The first-order valence-electron chi connectivity index (χ1n) is 7.64. The maximum Gasteiger partial charge on any atom is 0.261 e. The van der Waals surface area contributed by atoms with E-state index in [9.17, 15) is 4.79 Å². The fourth-order valence-corrected chi connectivity index (χ4v) is 2.68. The minimum Gasteiger partial charge on any atom is -0.481 e. The largest absolute Gasteiger partial charge is 0.481 e. The van der Waals surface area contributed by atoms with Crippen LogP contribution in [-0.2, 0) is 4.79 Å². The van der Waals surface area contributed by atoms with Gasteiger partial charge in [-0.05, 0) is 68.7 Å². The van der Waals surface area contributed by atoms with Crippen LogP contribution in [-0.4, -0.2) is 18.1 Å². The van der Waals surface area contributed by atoms with Crippen LogP contribution in [0.4, 0.5) is 0 Å². The first-order chi connectivity index (χ1) is 10.2. The molecule has 4 nitrogen and oxygen atoms in total. The van der Waals surface area contributed by atoms with Crippen LogP contribution >= 0.6 is 0 Å². The Kier molecular flexibility index (Phi) is 3.83. The summed E-state index contributed by atoms with van der Waals surface area (Å²) < 4.78 is 5.66. The van der Waals surface area contributed by atoms with E-state index in [0.29, 0.717) is 29.2 Å². The molecule has 3 rings (SSSR count). The molecule has 0 aliphatic heterocycles. The van der Waals surface area contributed by atoms with Crippen molar-refractivity contribution in [2.24, 2.45) is 11.8 Å². The number of carbonyl (C=O) groups is 1. The Labute approximate surface area is 125 Å². The molecular formula is C17H20N2O2. The number of nitrogens with zero attached hydrogens (tertiary/aromatic N) is 1. The van der Waals surface area contributed by atoms with Crippen molar-refractivity contribution < 1.29 is 9.53 Å². The molecule has 0 bridgehead atoms. The Morgan fingerprint density at radius 2 is 1.81 bits per heavy atom. The summed E-state index contributed by atoms with van der Waals surface area (Å²) in [6.45, 7) is 1.77. The highest BCUT2D eigenvalue weighted by Crippen LogP contribution is 2.44. The van der Waals surface area contributed by atoms with Gasteiger partial charge < -0.3 is 10.1 Å². The Morgan fingerprint density at radius 1 is 1.24 bits per heavy atom. The molecule has 0 heterocycles. The minimum absolute atomic E-state index is 0.0387. The molecule has 21 heavy (non-hydrogen) atoms. The number of hydrogen-bond donors (Lipinski definition) is 1. The van der Waals surface area contributed by atoms with Crippen molar-refractivity contribution in [3.05, 3.63) is 29.8 Å². The van der Waals surface area contributed by atoms with Gasteiger partial charge >= 0.3 is 0 Å². The van der Waals surface area contributed by atoms with Crippen LogP contribution in [0.5, 0.6) is 5.75 Å². The summed E-state index contributed by atoms with van der Waals surface area (Å²) in [6, 6.07) is 9.24. The van der Waals surface area contributed by atoms with Crippen LogP contribution in [0.2, 0.25) is 0 Å². The molecule has 110 valence electrons. The summed E-state index contributed by atoms with van der Waals surface area (Å²) in [4.78, 5) is 12.3. The Morgan fingerprint density at radius 3 is 2.29 bits per heavy atom. The van der Waals surface area contributed by atoms with Gasteiger partial charge in [-0.2, -0.15) is 5.26 Å². The maximum atomic E-state index is 12.3. The topological polar surface area (TPSA) is 62.1 Å². The second kappa shape index (κ2) is 5.77. The molecule has 1 atom stereocenters. The fourth-order valence-electron chi connectivity index (χ4n) is 2.68. The van der Waals surface area contributed by atoms with Gasteiger partial charge in [0.25, 0.3) is 5.91 Å². The normalized spacial score (nSPS) is 18.9. The summed E-state index contributed by atoms with van der Waals surface area (Å²) in [5.41, 5.74) is 0.585. The first-order valence-corrected chi connectivity index (χ1v) is 7.64. The summed E-state index contributed by atoms with van der Waals surface area (Å²) in [5, 5.41) is 11.9. The molecule has 2 aliphatic rings. The Bertz CT molecular complexity index is 541. The highest BCUT2D eigenvalue weighted by molar-refractivity contribution is 5.81. The molecule has 1 aromatic rings. The third-order valence-electron chi connectivity index (χ3n) is 4.23. The van der Waals surface area contributed by atoms with Gasteiger partial charge in [-0.1, -0.05) is 0 Å². The third-order valence-corrected chi connectivity index (χ3v) is 4.23. The molecule has 1 N–H and O–H groups in total. The Balaban J connectivity index is 1.54. The van der Waals surface area contributed by atoms with Crippen molar-refractivity contribution >= 4 is 5.91 Å². The zero-order valence-electron chi connectivity index (χ0n) is 12.2. The van der Waals surface area contributed by atoms with Crippen molar-refractivity contribution in [3.63, 3.8) is 0 Å². The van der Waals surface area contributed by atoms with Crippen molar-refractivity contribution in [1.82, 2.24) is 5.32 Å². The van der Waals surface area contributed by atoms with Crippen LogP contribution in [0.25, 0.3) is 0 Å². The second-order valence-corrected chi connectivity index (χ2v) is 6.11. The zero-order valence-corrected chi connectivity index (χ0v) is 12.2. The van der Waals surface area contributed by atoms with Gasteiger partial charge in [0.2, 0.25) is 0 Å². The monoisotopic (exact) mass is 284 g/mol. The minimum atomic E-state index is -0.516. The number of ether oxygens (including phenoxy) is 1. The van der Waals surface area contributed by atoms with Crippen LogP contribution in [0, 0.1) is 23.2 Å². The number of nitriles is 1. The van der Waals surface area contributed by atoms with Gasteiger partial charge in [0, 0.05) is 6.04 Å². The van der Waals surface area contributed by atoms with E-state index in [1.807, 2.05) is 0 Å². The summed E-state index contributed by atoms with van der Waals surface area (Å²) in [6.07, 6.45) is 4.45. The van der Waals surface area contributed by atoms with E-state index in [1.165, 1.54) is 25.7 Å². The van der Waals surface area contributed by atoms with Gasteiger partial charge in [0.15, 0.2) is 6.10 Å². The lowest BCUT2D eigenvalue weighted by Crippen LogP contribution is -2.44. The molecule has 0 aromatic heterocycles. The third kappa shape index (κ3) is 3.55. The number of benzene rings is 1. The standard InChI is InChI=1S/C17H20N2O2/c1-11(21-15-8-2-12(10-18)3-9-15)17(20)19-16(13-4-5-13)14-6-7-14/h2-3,8-9,11,13-14,16H,4-7H2,1H3,(H,19,20). The summed E-state index contributed by atoms with van der Waals surface area (Å²) in [5.74, 6) is 1.95. The molecule has 0 radical (unpaired) electrons. The maximum absolute atomic E-state index is 12.3. The lowest BCUT2D eigenvalue weighted by molar-refractivity contribution is -0.128. The highest BCUT2D eigenvalue weighted by atomic mass is 16.5. The second-order valence-electron chi connectivity index (χ2n) is 6.11. The average molecular weight is 284 g/mol. The molecule has 1 amide bonds. The predicted molar refractivity (Wildman–Crippen MR) is 78.6 cm³/mol. The SMILES string of the molecule is CC(Oc1ccc(C#N)cc1)C(=O)NC(C1CC1)C1CC1. The summed E-state index contributed by atoms with van der Waals surface area (Å²) in [7, 11) is 0. The van der Waals surface area contributed by atoms with Crippen molar-refractivity contribution in [3.8, 4) is 11.8 Å². The molecule has 2 fully saturated rings. The molecule has 1 unspecified atom stereocenters. The molecule has 2 saturated carbocycles. The molecule has 1 aromatic carbocycles. The van der Waals surface area contributed by atoms with Crippen molar-refractivity contribution in [1.29, 1.82) is 5.26 Å². The quantitative estimate of drug-likeness (QED) is 0.873. The summed E-state index contributed by atoms with van der Waals surface area (Å²) >= 11 is 0. The lowest BCUT2D eigenvalue weighted by Gasteiger charge is -2.21. The van der Waals surface area contributed by atoms with E-state index in [0.717, 1.165) is 0 Å². The first kappa shape index (κ1) is 13.9. The van der Waals surface area contributed by atoms with E-state index < -0.39 is 6.10 Å². The fraction of sp³-hybridized carbons (Fsp3) is 0.529. The van der Waals surface area contributed by atoms with Crippen molar-refractivity contribution in [2.75, 3.05) is 0 Å². The van der Waals surface area contributed by atoms with Gasteiger partial charge in [-0.3, -0.25) is 4.79 Å². The van der Waals surface area contributed by atoms with E-state index in [-0.39, 0.29) is 5.91 Å². The number of nitrogens with one attached hydrogen (secondary N) is 1. The van der Waals surface area contributed by atoms with Crippen LogP contribution in [0.15, 0.2) is 24.3 Å². The van der Waals surface area contributed by atoms with Gasteiger partial charge in [-0.15, -0.1) is 0 Å². The number of carbonyl (C=O) groups excluding carboxylic acids is 1. The lowest BCUT2D eigenvalue weighted by atomic mass is 10.1. The molecule has 2 aliphatic carbocycles. The number of hydrogen-bond acceptors (Lipinski definition) is 3. The smallest absolute Gasteiger partial charge is 0.261 e. The molecule has 0 saturated heterocycles. The molecule has 4 heteroatoms. The number of rotatable bonds is 6. The highest BCUT2D eigenvalue weighted by Gasteiger charge is 2.42. The van der Waals surface area contributed by atoms with E-state index >= 15 is 0 Å². The molecular weight excluding hydrogens is 264 g/mol. The van der Waals surface area contributed by atoms with Crippen molar-refractivity contribution in [2.45, 2.75) is 44.8 Å². The molecule has 0 spiro atoms. The zero-order chi connectivity index (χ0) is 14.8. The van der Waals surface area contributed by atoms with E-state index in [4.69, 9.17) is 10.00 Å². The number of amides is 1. The predicted octanol–water partition coefficient (Wildman–Crippen LogP) is 2.63. The van der Waals surface area contributed by atoms with Gasteiger partial charge in [-0.25, -0.2) is 0 Å². The van der Waals surface area contributed by atoms with Gasteiger partial charge in [0.05, 0.1) is 11.6 Å². The van der Waals surface area contributed by atoms with Crippen LogP contribution in [0.1, 0.15) is 38.2 Å². The van der Waals surface area contributed by atoms with E-state index in [1.54, 1.807) is 31.2 Å². The van der Waals surface area contributed by atoms with E-state index in [2.05, 4.69) is 11.4 Å². The average Bonchev–Trinajstić information content (AvgIpc) is 3.38. The van der Waals surface area contributed by atoms with Gasteiger partial charge in [0.1, 0.15) is 5.75 Å². The van der Waals surface area contributed by atoms with Crippen LogP contribution < -0.4 is 10.1 Å². The Hall–Kier alpha value is -2.02.